The zero-order chi connectivity index (χ0) is 15.5. The van der Waals surface area contributed by atoms with Crippen molar-refractivity contribution in [3.05, 3.63) is 69.3 Å². The monoisotopic (exact) mass is 299 g/mol. The molecular formula is C14H13N5O3. The number of nitrogens with zero attached hydrogens (tertiary/aromatic N) is 4. The highest BCUT2D eigenvalue weighted by molar-refractivity contribution is 5.62. The van der Waals surface area contributed by atoms with Crippen LogP contribution in [0, 0.1) is 10.1 Å². The van der Waals surface area contributed by atoms with Gasteiger partial charge in [-0.2, -0.15) is 9.38 Å². The molecule has 8 nitrogen and oxygen atoms in total. The Bertz CT molecular complexity index is 883. The summed E-state index contributed by atoms with van der Waals surface area (Å²) in [6.07, 6.45) is 3.26. The number of anilines is 1. The molecule has 0 spiro atoms. The number of aromatic nitrogens is 3. The molecule has 0 amide bonds. The highest BCUT2D eigenvalue weighted by Crippen LogP contribution is 2.24. The molecule has 0 saturated carbocycles. The highest BCUT2D eigenvalue weighted by atomic mass is 16.6. The molecule has 3 aromatic rings. The quantitative estimate of drug-likeness (QED) is 0.569. The van der Waals surface area contributed by atoms with Crippen molar-refractivity contribution in [1.82, 2.24) is 14.0 Å². The molecule has 0 radical (unpaired) electrons. The SMILES string of the molecule is O=c1ccccn1CCNc1nc2ccccn2c1[N+](=O)[O-]. The lowest BCUT2D eigenvalue weighted by atomic mass is 10.4. The zero-order valence-electron chi connectivity index (χ0n) is 11.5. The second-order valence-electron chi connectivity index (χ2n) is 4.63. The first-order valence-electron chi connectivity index (χ1n) is 6.67. The normalized spacial score (nSPS) is 10.7. The van der Waals surface area contributed by atoms with Crippen molar-refractivity contribution in [2.75, 3.05) is 11.9 Å². The third-order valence-corrected chi connectivity index (χ3v) is 3.22. The molecule has 1 N–H and O–H groups in total. The van der Waals surface area contributed by atoms with E-state index in [1.807, 2.05) is 0 Å². The maximum atomic E-state index is 11.6. The van der Waals surface area contributed by atoms with Crippen LogP contribution in [0.3, 0.4) is 0 Å². The van der Waals surface area contributed by atoms with Crippen LogP contribution in [0.4, 0.5) is 11.6 Å². The van der Waals surface area contributed by atoms with Gasteiger partial charge in [0.15, 0.2) is 0 Å². The van der Waals surface area contributed by atoms with Gasteiger partial charge in [-0.3, -0.25) is 4.79 Å². The van der Waals surface area contributed by atoms with Gasteiger partial charge >= 0.3 is 5.82 Å². The van der Waals surface area contributed by atoms with E-state index in [9.17, 15) is 14.9 Å². The van der Waals surface area contributed by atoms with Crippen molar-refractivity contribution in [3.8, 4) is 0 Å². The average molecular weight is 299 g/mol. The molecule has 0 aliphatic rings. The van der Waals surface area contributed by atoms with Gasteiger partial charge in [0.1, 0.15) is 0 Å². The molecule has 3 heterocycles. The average Bonchev–Trinajstić information content (AvgIpc) is 2.87. The van der Waals surface area contributed by atoms with Gasteiger partial charge in [0.05, 0.1) is 6.20 Å². The molecule has 0 unspecified atom stereocenters. The standard InChI is InChI=1S/C14H13N5O3/c20-12-6-2-3-8-17(12)10-7-15-13-14(19(21)22)18-9-4-1-5-11(18)16-13/h1-6,8-9,15H,7,10H2. The fourth-order valence-electron chi connectivity index (χ4n) is 2.22. The Hall–Kier alpha value is -3.16. The molecule has 0 aromatic carbocycles. The van der Waals surface area contributed by atoms with Crippen LogP contribution in [0.2, 0.25) is 0 Å². The highest BCUT2D eigenvalue weighted by Gasteiger charge is 2.21. The molecule has 8 heteroatoms. The van der Waals surface area contributed by atoms with Crippen LogP contribution in [0.1, 0.15) is 0 Å². The van der Waals surface area contributed by atoms with Crippen LogP contribution < -0.4 is 10.9 Å². The van der Waals surface area contributed by atoms with Gasteiger partial charge in [0, 0.05) is 31.4 Å². The van der Waals surface area contributed by atoms with Crippen molar-refractivity contribution >= 4 is 17.3 Å². The van der Waals surface area contributed by atoms with Crippen LogP contribution >= 0.6 is 0 Å². The predicted molar refractivity (Wildman–Crippen MR) is 81.0 cm³/mol. The summed E-state index contributed by atoms with van der Waals surface area (Å²) in [7, 11) is 0. The molecule has 0 aliphatic heterocycles. The maximum Gasteiger partial charge on any atom is 0.372 e. The summed E-state index contributed by atoms with van der Waals surface area (Å²) in [4.78, 5) is 26.6. The van der Waals surface area contributed by atoms with E-state index in [1.165, 1.54) is 15.0 Å². The predicted octanol–water partition coefficient (Wildman–Crippen LogP) is 1.52. The van der Waals surface area contributed by atoms with Gasteiger partial charge in [0.25, 0.3) is 5.56 Å². The maximum absolute atomic E-state index is 11.6. The van der Waals surface area contributed by atoms with E-state index in [0.717, 1.165) is 0 Å². The number of imidazole rings is 1. The summed E-state index contributed by atoms with van der Waals surface area (Å²) in [5.41, 5.74) is 0.377. The van der Waals surface area contributed by atoms with Gasteiger partial charge in [0.2, 0.25) is 11.5 Å². The molecule has 3 aromatic heterocycles. The number of hydrogen-bond acceptors (Lipinski definition) is 5. The van der Waals surface area contributed by atoms with E-state index in [1.54, 1.807) is 42.7 Å². The van der Waals surface area contributed by atoms with Gasteiger partial charge in [-0.1, -0.05) is 12.1 Å². The van der Waals surface area contributed by atoms with Crippen LogP contribution in [0.5, 0.6) is 0 Å². The molecule has 0 fully saturated rings. The summed E-state index contributed by atoms with van der Waals surface area (Å²) >= 11 is 0. The van der Waals surface area contributed by atoms with Crippen molar-refractivity contribution in [2.45, 2.75) is 6.54 Å². The van der Waals surface area contributed by atoms with Gasteiger partial charge in [-0.05, 0) is 17.1 Å². The van der Waals surface area contributed by atoms with Crippen LogP contribution in [-0.4, -0.2) is 25.4 Å². The van der Waals surface area contributed by atoms with E-state index in [0.29, 0.717) is 18.7 Å². The summed E-state index contributed by atoms with van der Waals surface area (Å²) < 4.78 is 2.94. The lowest BCUT2D eigenvalue weighted by molar-refractivity contribution is -0.389. The Labute approximate surface area is 124 Å². The largest absolute Gasteiger partial charge is 0.372 e. The number of rotatable bonds is 5. The van der Waals surface area contributed by atoms with Crippen molar-refractivity contribution in [3.63, 3.8) is 0 Å². The van der Waals surface area contributed by atoms with E-state index in [2.05, 4.69) is 10.3 Å². The summed E-state index contributed by atoms with van der Waals surface area (Å²) in [5.74, 6) is 0.0798. The Kier molecular flexibility index (Phi) is 3.57. The number of pyridine rings is 2. The van der Waals surface area contributed by atoms with Crippen molar-refractivity contribution in [1.29, 1.82) is 0 Å². The minimum Gasteiger partial charge on any atom is -0.361 e. The van der Waals surface area contributed by atoms with E-state index in [4.69, 9.17) is 0 Å². The van der Waals surface area contributed by atoms with Crippen LogP contribution in [-0.2, 0) is 6.54 Å². The lowest BCUT2D eigenvalue weighted by Gasteiger charge is -2.06. The molecule has 3 rings (SSSR count). The minimum atomic E-state index is -0.475. The number of nitrogens with one attached hydrogen (secondary N) is 1. The van der Waals surface area contributed by atoms with E-state index in [-0.39, 0.29) is 17.2 Å². The topological polar surface area (TPSA) is 94.5 Å². The summed E-state index contributed by atoms with van der Waals surface area (Å²) in [5, 5.41) is 14.2. The Morgan fingerprint density at radius 2 is 1.95 bits per heavy atom. The van der Waals surface area contributed by atoms with Crippen molar-refractivity contribution in [2.24, 2.45) is 0 Å². The first kappa shape index (κ1) is 13.8. The van der Waals surface area contributed by atoms with Crippen LogP contribution in [0.25, 0.3) is 5.65 Å². The van der Waals surface area contributed by atoms with Crippen molar-refractivity contribution < 1.29 is 4.92 Å². The minimum absolute atomic E-state index is 0.115. The molecule has 0 saturated heterocycles. The molecule has 0 bridgehead atoms. The molecule has 22 heavy (non-hydrogen) atoms. The van der Waals surface area contributed by atoms with E-state index >= 15 is 0 Å². The first-order valence-corrected chi connectivity index (χ1v) is 6.67. The fourth-order valence-corrected chi connectivity index (χ4v) is 2.22. The summed E-state index contributed by atoms with van der Waals surface area (Å²) in [6.45, 7) is 0.749. The Morgan fingerprint density at radius 3 is 2.73 bits per heavy atom. The molecule has 0 aliphatic carbocycles. The first-order chi connectivity index (χ1) is 10.7. The molecule has 0 atom stereocenters. The molecular weight excluding hydrogens is 286 g/mol. The fraction of sp³-hybridized carbons (Fsp3) is 0.143. The van der Waals surface area contributed by atoms with Gasteiger partial charge in [-0.25, -0.2) is 0 Å². The number of fused-ring (bicyclic) bond motifs is 1. The van der Waals surface area contributed by atoms with E-state index < -0.39 is 4.92 Å². The lowest BCUT2D eigenvalue weighted by Crippen LogP contribution is -2.22. The zero-order valence-corrected chi connectivity index (χ0v) is 11.5. The number of hydrogen-bond donors (Lipinski definition) is 1. The second kappa shape index (κ2) is 5.68. The van der Waals surface area contributed by atoms with Gasteiger partial charge in [-0.15, -0.1) is 0 Å². The Morgan fingerprint density at radius 1 is 1.18 bits per heavy atom. The third kappa shape index (κ3) is 2.53. The number of nitro groups is 1. The third-order valence-electron chi connectivity index (χ3n) is 3.22. The second-order valence-corrected chi connectivity index (χ2v) is 4.63. The molecule has 112 valence electrons. The van der Waals surface area contributed by atoms with Crippen LogP contribution in [0.15, 0.2) is 53.6 Å². The van der Waals surface area contributed by atoms with Gasteiger partial charge < -0.3 is 20.0 Å². The Balaban J connectivity index is 1.82. The smallest absolute Gasteiger partial charge is 0.361 e. The summed E-state index contributed by atoms with van der Waals surface area (Å²) in [6, 6.07) is 10.1.